The Kier molecular flexibility index (Phi) is 3.60. The fourth-order valence-electron chi connectivity index (χ4n) is 3.32. The summed E-state index contributed by atoms with van der Waals surface area (Å²) in [6.45, 7) is 6.08. The van der Waals surface area contributed by atoms with E-state index in [1.807, 2.05) is 12.1 Å². The van der Waals surface area contributed by atoms with Crippen LogP contribution in [0, 0.1) is 5.92 Å². The van der Waals surface area contributed by atoms with Crippen LogP contribution in [0.4, 0.5) is 0 Å². The van der Waals surface area contributed by atoms with Gasteiger partial charge in [-0.1, -0.05) is 23.7 Å². The third-order valence-corrected chi connectivity index (χ3v) is 4.74. The van der Waals surface area contributed by atoms with Gasteiger partial charge in [0.1, 0.15) is 0 Å². The van der Waals surface area contributed by atoms with Gasteiger partial charge in [-0.15, -0.1) is 0 Å². The molecule has 18 heavy (non-hydrogen) atoms. The molecule has 0 aromatic heterocycles. The van der Waals surface area contributed by atoms with Gasteiger partial charge in [0, 0.05) is 23.7 Å². The minimum atomic E-state index is 0.410. The molecule has 1 aromatic carbocycles. The number of piperidine rings is 3. The zero-order valence-electron chi connectivity index (χ0n) is 10.9. The van der Waals surface area contributed by atoms with Crippen LogP contribution in [0.25, 0.3) is 0 Å². The summed E-state index contributed by atoms with van der Waals surface area (Å²) in [6, 6.07) is 9.28. The Morgan fingerprint density at radius 2 is 1.89 bits per heavy atom. The molecule has 1 unspecified atom stereocenters. The van der Waals surface area contributed by atoms with Crippen molar-refractivity contribution in [2.75, 3.05) is 19.6 Å². The molecule has 2 atom stereocenters. The van der Waals surface area contributed by atoms with E-state index in [9.17, 15) is 0 Å². The summed E-state index contributed by atoms with van der Waals surface area (Å²) in [5.41, 5.74) is 1.33. The number of nitrogens with zero attached hydrogens (tertiary/aromatic N) is 1. The van der Waals surface area contributed by atoms with Gasteiger partial charge in [-0.05, 0) is 56.5 Å². The van der Waals surface area contributed by atoms with Crippen LogP contribution in [0.1, 0.15) is 31.4 Å². The maximum Gasteiger partial charge on any atom is 0.0406 e. The molecule has 0 amide bonds. The third kappa shape index (κ3) is 2.56. The molecular weight excluding hydrogens is 244 g/mol. The minimum absolute atomic E-state index is 0.410. The zero-order valence-corrected chi connectivity index (χ0v) is 11.7. The van der Waals surface area contributed by atoms with Gasteiger partial charge in [-0.2, -0.15) is 0 Å². The van der Waals surface area contributed by atoms with Gasteiger partial charge in [0.25, 0.3) is 0 Å². The Balaban J connectivity index is 1.64. The lowest BCUT2D eigenvalue weighted by atomic mass is 9.83. The first-order chi connectivity index (χ1) is 8.72. The van der Waals surface area contributed by atoms with E-state index < -0.39 is 0 Å². The van der Waals surface area contributed by atoms with Crippen molar-refractivity contribution >= 4 is 11.6 Å². The number of nitrogens with one attached hydrogen (secondary N) is 1. The molecule has 0 radical (unpaired) electrons. The van der Waals surface area contributed by atoms with Gasteiger partial charge >= 0.3 is 0 Å². The van der Waals surface area contributed by atoms with Crippen LogP contribution < -0.4 is 5.32 Å². The number of hydrogen-bond donors (Lipinski definition) is 1. The Hall–Kier alpha value is -0.570. The number of rotatable bonds is 3. The third-order valence-electron chi connectivity index (χ3n) is 4.49. The van der Waals surface area contributed by atoms with Gasteiger partial charge in [-0.3, -0.25) is 0 Å². The van der Waals surface area contributed by atoms with Crippen LogP contribution >= 0.6 is 11.6 Å². The molecule has 2 nitrogen and oxygen atoms in total. The number of hydrogen-bond acceptors (Lipinski definition) is 2. The molecule has 3 heterocycles. The van der Waals surface area contributed by atoms with Crippen molar-refractivity contribution < 1.29 is 0 Å². The highest BCUT2D eigenvalue weighted by Gasteiger charge is 2.34. The molecule has 1 aromatic rings. The molecule has 98 valence electrons. The predicted molar refractivity (Wildman–Crippen MR) is 76.0 cm³/mol. The lowest BCUT2D eigenvalue weighted by Gasteiger charge is -2.46. The number of benzene rings is 1. The summed E-state index contributed by atoms with van der Waals surface area (Å²) in [4.78, 5) is 2.59. The van der Waals surface area contributed by atoms with E-state index in [-0.39, 0.29) is 0 Å². The minimum Gasteiger partial charge on any atom is -0.306 e. The van der Waals surface area contributed by atoms with Gasteiger partial charge in [0.2, 0.25) is 0 Å². The molecule has 0 spiro atoms. The van der Waals surface area contributed by atoms with Crippen LogP contribution in [-0.4, -0.2) is 30.6 Å². The van der Waals surface area contributed by atoms with E-state index in [4.69, 9.17) is 11.6 Å². The van der Waals surface area contributed by atoms with Crippen molar-refractivity contribution in [3.63, 3.8) is 0 Å². The second-order valence-electron chi connectivity index (χ2n) is 5.68. The average molecular weight is 265 g/mol. The molecule has 2 bridgehead atoms. The summed E-state index contributed by atoms with van der Waals surface area (Å²) in [5, 5.41) is 4.61. The molecule has 3 aliphatic heterocycles. The molecule has 3 aliphatic rings. The summed E-state index contributed by atoms with van der Waals surface area (Å²) in [5.74, 6) is 0.879. The van der Waals surface area contributed by atoms with Crippen LogP contribution in [0.5, 0.6) is 0 Å². The van der Waals surface area contributed by atoms with Crippen molar-refractivity contribution in [2.24, 2.45) is 5.92 Å². The van der Waals surface area contributed by atoms with Crippen LogP contribution in [0.2, 0.25) is 5.02 Å². The maximum absolute atomic E-state index is 5.93. The Morgan fingerprint density at radius 3 is 2.44 bits per heavy atom. The quantitative estimate of drug-likeness (QED) is 0.903. The van der Waals surface area contributed by atoms with Crippen LogP contribution in [0.3, 0.4) is 0 Å². The van der Waals surface area contributed by atoms with Crippen molar-refractivity contribution in [1.82, 2.24) is 10.2 Å². The first kappa shape index (κ1) is 12.5. The highest BCUT2D eigenvalue weighted by atomic mass is 35.5. The Bertz CT molecular complexity index is 395. The van der Waals surface area contributed by atoms with Crippen LogP contribution in [0.15, 0.2) is 24.3 Å². The van der Waals surface area contributed by atoms with Gasteiger partial charge < -0.3 is 10.2 Å². The molecule has 3 fully saturated rings. The van der Waals surface area contributed by atoms with Gasteiger partial charge in [0.15, 0.2) is 0 Å². The molecule has 0 saturated carbocycles. The Labute approximate surface area is 114 Å². The largest absolute Gasteiger partial charge is 0.306 e. The first-order valence-corrected chi connectivity index (χ1v) is 7.34. The van der Waals surface area contributed by atoms with Crippen molar-refractivity contribution in [3.8, 4) is 0 Å². The molecule has 4 rings (SSSR count). The van der Waals surface area contributed by atoms with E-state index in [1.54, 1.807) is 0 Å². The number of halogens is 1. The van der Waals surface area contributed by atoms with Crippen molar-refractivity contribution in [2.45, 2.75) is 31.8 Å². The highest BCUT2D eigenvalue weighted by molar-refractivity contribution is 6.30. The SMILES string of the molecule is C[C@@H](NC1CN2CCC1CC2)c1ccc(Cl)cc1. The van der Waals surface area contributed by atoms with Crippen molar-refractivity contribution in [3.05, 3.63) is 34.9 Å². The Morgan fingerprint density at radius 1 is 1.22 bits per heavy atom. The van der Waals surface area contributed by atoms with E-state index in [0.717, 1.165) is 10.9 Å². The zero-order chi connectivity index (χ0) is 12.5. The number of fused-ring (bicyclic) bond motifs is 3. The van der Waals surface area contributed by atoms with Gasteiger partial charge in [0.05, 0.1) is 0 Å². The fourth-order valence-corrected chi connectivity index (χ4v) is 3.45. The second-order valence-corrected chi connectivity index (χ2v) is 6.12. The van der Waals surface area contributed by atoms with Gasteiger partial charge in [-0.25, -0.2) is 0 Å². The van der Waals surface area contributed by atoms with Crippen LogP contribution in [-0.2, 0) is 0 Å². The monoisotopic (exact) mass is 264 g/mol. The van der Waals surface area contributed by atoms with E-state index >= 15 is 0 Å². The van der Waals surface area contributed by atoms with E-state index in [1.165, 1.54) is 38.0 Å². The second kappa shape index (κ2) is 5.20. The van der Waals surface area contributed by atoms with Crippen molar-refractivity contribution in [1.29, 1.82) is 0 Å². The standard InChI is InChI=1S/C15H21ClN2/c1-11(12-2-4-14(16)5-3-12)17-15-10-18-8-6-13(15)7-9-18/h2-5,11,13,15,17H,6-10H2,1H3/t11-,15?/m1/s1. The summed E-state index contributed by atoms with van der Waals surface area (Å²) >= 11 is 5.93. The molecule has 0 aliphatic carbocycles. The first-order valence-electron chi connectivity index (χ1n) is 6.96. The highest BCUT2D eigenvalue weighted by Crippen LogP contribution is 2.29. The van der Waals surface area contributed by atoms with E-state index in [0.29, 0.717) is 12.1 Å². The summed E-state index contributed by atoms with van der Waals surface area (Å²) in [6.07, 6.45) is 2.73. The summed E-state index contributed by atoms with van der Waals surface area (Å²) < 4.78 is 0. The molecular formula is C15H21ClN2. The topological polar surface area (TPSA) is 15.3 Å². The lowest BCUT2D eigenvalue weighted by Crippen LogP contribution is -2.56. The smallest absolute Gasteiger partial charge is 0.0406 e. The lowest BCUT2D eigenvalue weighted by molar-refractivity contribution is 0.0680. The maximum atomic E-state index is 5.93. The fraction of sp³-hybridized carbons (Fsp3) is 0.600. The normalized spacial score (nSPS) is 32.4. The molecule has 3 saturated heterocycles. The summed E-state index contributed by atoms with van der Waals surface area (Å²) in [7, 11) is 0. The van der Waals surface area contributed by atoms with E-state index in [2.05, 4.69) is 29.3 Å². The predicted octanol–water partition coefficient (Wildman–Crippen LogP) is 3.08. The average Bonchev–Trinajstić information content (AvgIpc) is 2.41. The molecule has 3 heteroatoms. The molecule has 1 N–H and O–H groups in total.